The molecule has 0 aromatic heterocycles. The van der Waals surface area contributed by atoms with Gasteiger partial charge in [0.25, 0.3) is 0 Å². The number of carbonyl (C=O) groups is 1. The largest absolute Gasteiger partial charge is 0.480 e. The second-order valence-corrected chi connectivity index (χ2v) is 5.40. The van der Waals surface area contributed by atoms with Crippen LogP contribution in [-0.4, -0.2) is 17.1 Å². The maximum absolute atomic E-state index is 11.1. The summed E-state index contributed by atoms with van der Waals surface area (Å²) in [5.41, 5.74) is 3.56. The minimum Gasteiger partial charge on any atom is -0.480 e. The first kappa shape index (κ1) is 14.7. The van der Waals surface area contributed by atoms with E-state index in [1.165, 1.54) is 11.1 Å². The third-order valence-electron chi connectivity index (χ3n) is 2.84. The number of rotatable bonds is 6. The summed E-state index contributed by atoms with van der Waals surface area (Å²) in [6, 6.07) is 5.83. The van der Waals surface area contributed by atoms with Gasteiger partial charge < -0.3 is 10.4 Å². The standard InChI is InChI=1S/C15H23NO2/c1-10(2)5-14(15(17)18)16-9-13-7-11(3)6-12(4)8-13/h6-8,10,14,16H,5,9H2,1-4H3,(H,17,18)/t14-/m0/s1. The molecule has 0 fully saturated rings. The molecule has 0 unspecified atom stereocenters. The van der Waals surface area contributed by atoms with Gasteiger partial charge in [0, 0.05) is 6.54 Å². The minimum absolute atomic E-state index is 0.373. The maximum atomic E-state index is 11.1. The van der Waals surface area contributed by atoms with Crippen LogP contribution in [0.5, 0.6) is 0 Å². The first-order chi connectivity index (χ1) is 8.38. The molecule has 0 aliphatic rings. The van der Waals surface area contributed by atoms with E-state index >= 15 is 0 Å². The number of carboxylic acid groups (broad SMARTS) is 1. The topological polar surface area (TPSA) is 49.3 Å². The van der Waals surface area contributed by atoms with Crippen LogP contribution in [0.15, 0.2) is 18.2 Å². The summed E-state index contributed by atoms with van der Waals surface area (Å²) in [4.78, 5) is 11.1. The van der Waals surface area contributed by atoms with Crippen LogP contribution in [0.3, 0.4) is 0 Å². The van der Waals surface area contributed by atoms with Crippen LogP contribution in [0.4, 0.5) is 0 Å². The van der Waals surface area contributed by atoms with E-state index in [0.29, 0.717) is 18.9 Å². The molecule has 1 aromatic rings. The van der Waals surface area contributed by atoms with Gasteiger partial charge >= 0.3 is 5.97 Å². The highest BCUT2D eigenvalue weighted by Gasteiger charge is 2.17. The van der Waals surface area contributed by atoms with Gasteiger partial charge in [-0.25, -0.2) is 0 Å². The molecule has 1 aromatic carbocycles. The Labute approximate surface area is 109 Å². The molecular weight excluding hydrogens is 226 g/mol. The van der Waals surface area contributed by atoms with E-state index < -0.39 is 12.0 Å². The molecule has 0 radical (unpaired) electrons. The highest BCUT2D eigenvalue weighted by Crippen LogP contribution is 2.10. The van der Waals surface area contributed by atoms with Crippen molar-refractivity contribution in [2.75, 3.05) is 0 Å². The SMILES string of the molecule is Cc1cc(C)cc(CN[C@@H](CC(C)C)C(=O)O)c1. The number of aryl methyl sites for hydroxylation is 2. The molecule has 3 nitrogen and oxygen atoms in total. The second kappa shape index (κ2) is 6.55. The number of nitrogens with one attached hydrogen (secondary N) is 1. The van der Waals surface area contributed by atoms with Crippen molar-refractivity contribution in [3.63, 3.8) is 0 Å². The molecule has 0 amide bonds. The second-order valence-electron chi connectivity index (χ2n) is 5.40. The average molecular weight is 249 g/mol. The Kier molecular flexibility index (Phi) is 5.35. The van der Waals surface area contributed by atoms with Crippen LogP contribution in [-0.2, 0) is 11.3 Å². The lowest BCUT2D eigenvalue weighted by molar-refractivity contribution is -0.140. The summed E-state index contributed by atoms with van der Waals surface area (Å²) in [6.45, 7) is 8.79. The van der Waals surface area contributed by atoms with Crippen molar-refractivity contribution in [1.29, 1.82) is 0 Å². The molecule has 2 N–H and O–H groups in total. The predicted molar refractivity (Wildman–Crippen MR) is 73.6 cm³/mol. The Morgan fingerprint density at radius 1 is 1.22 bits per heavy atom. The molecule has 0 bridgehead atoms. The summed E-state index contributed by atoms with van der Waals surface area (Å²) in [5.74, 6) is -0.397. The number of hydrogen-bond acceptors (Lipinski definition) is 2. The van der Waals surface area contributed by atoms with Gasteiger partial charge in [-0.2, -0.15) is 0 Å². The van der Waals surface area contributed by atoms with E-state index in [9.17, 15) is 4.79 Å². The third kappa shape index (κ3) is 4.88. The van der Waals surface area contributed by atoms with E-state index in [-0.39, 0.29) is 0 Å². The van der Waals surface area contributed by atoms with Crippen LogP contribution in [0.2, 0.25) is 0 Å². The molecule has 0 saturated heterocycles. The Hall–Kier alpha value is -1.35. The number of aliphatic carboxylic acids is 1. The van der Waals surface area contributed by atoms with E-state index in [4.69, 9.17) is 5.11 Å². The monoisotopic (exact) mass is 249 g/mol. The van der Waals surface area contributed by atoms with Crippen molar-refractivity contribution in [2.45, 2.75) is 46.7 Å². The Morgan fingerprint density at radius 3 is 2.22 bits per heavy atom. The van der Waals surface area contributed by atoms with Crippen molar-refractivity contribution in [3.8, 4) is 0 Å². The van der Waals surface area contributed by atoms with Crippen LogP contribution in [0.1, 0.15) is 37.0 Å². The lowest BCUT2D eigenvalue weighted by Crippen LogP contribution is -2.37. The predicted octanol–water partition coefficient (Wildman–Crippen LogP) is 2.89. The van der Waals surface area contributed by atoms with E-state index in [1.807, 2.05) is 13.8 Å². The highest BCUT2D eigenvalue weighted by atomic mass is 16.4. The number of hydrogen-bond donors (Lipinski definition) is 2. The maximum Gasteiger partial charge on any atom is 0.320 e. The molecule has 0 heterocycles. The van der Waals surface area contributed by atoms with Crippen molar-refractivity contribution in [1.82, 2.24) is 5.32 Å². The van der Waals surface area contributed by atoms with Crippen LogP contribution < -0.4 is 5.32 Å². The molecule has 0 aliphatic heterocycles. The highest BCUT2D eigenvalue weighted by molar-refractivity contribution is 5.73. The molecule has 0 spiro atoms. The Bertz CT molecular complexity index is 393. The smallest absolute Gasteiger partial charge is 0.320 e. The average Bonchev–Trinajstić information content (AvgIpc) is 2.21. The summed E-state index contributed by atoms with van der Waals surface area (Å²) < 4.78 is 0. The zero-order valence-corrected chi connectivity index (χ0v) is 11.7. The first-order valence-electron chi connectivity index (χ1n) is 6.42. The lowest BCUT2D eigenvalue weighted by atomic mass is 10.0. The molecular formula is C15H23NO2. The van der Waals surface area contributed by atoms with Gasteiger partial charge in [0.2, 0.25) is 0 Å². The molecule has 18 heavy (non-hydrogen) atoms. The van der Waals surface area contributed by atoms with Gasteiger partial charge in [-0.05, 0) is 31.7 Å². The van der Waals surface area contributed by atoms with Crippen molar-refractivity contribution in [3.05, 3.63) is 34.9 Å². The Morgan fingerprint density at radius 2 is 1.78 bits per heavy atom. The molecule has 0 saturated carbocycles. The molecule has 1 rings (SSSR count). The van der Waals surface area contributed by atoms with E-state index in [0.717, 1.165) is 5.56 Å². The first-order valence-corrected chi connectivity index (χ1v) is 6.42. The quantitative estimate of drug-likeness (QED) is 0.815. The number of carboxylic acids is 1. The molecule has 1 atom stereocenters. The molecule has 0 aliphatic carbocycles. The van der Waals surface area contributed by atoms with E-state index in [1.54, 1.807) is 0 Å². The summed E-state index contributed by atoms with van der Waals surface area (Å²) in [6.07, 6.45) is 0.653. The minimum atomic E-state index is -0.770. The lowest BCUT2D eigenvalue weighted by Gasteiger charge is -2.16. The zero-order chi connectivity index (χ0) is 13.7. The van der Waals surface area contributed by atoms with Gasteiger partial charge in [-0.15, -0.1) is 0 Å². The number of benzene rings is 1. The third-order valence-corrected chi connectivity index (χ3v) is 2.84. The van der Waals surface area contributed by atoms with Crippen LogP contribution in [0, 0.1) is 19.8 Å². The molecule has 100 valence electrons. The van der Waals surface area contributed by atoms with Crippen LogP contribution >= 0.6 is 0 Å². The fourth-order valence-electron chi connectivity index (χ4n) is 2.15. The summed E-state index contributed by atoms with van der Waals surface area (Å²) >= 11 is 0. The van der Waals surface area contributed by atoms with Gasteiger partial charge in [0.1, 0.15) is 6.04 Å². The van der Waals surface area contributed by atoms with Gasteiger partial charge in [0.05, 0.1) is 0 Å². The fourth-order valence-corrected chi connectivity index (χ4v) is 2.15. The van der Waals surface area contributed by atoms with Crippen molar-refractivity contribution >= 4 is 5.97 Å². The van der Waals surface area contributed by atoms with E-state index in [2.05, 4.69) is 37.4 Å². The van der Waals surface area contributed by atoms with Crippen molar-refractivity contribution < 1.29 is 9.90 Å². The fraction of sp³-hybridized carbons (Fsp3) is 0.533. The summed E-state index contributed by atoms with van der Waals surface area (Å²) in [5, 5.41) is 12.3. The zero-order valence-electron chi connectivity index (χ0n) is 11.7. The molecule has 3 heteroatoms. The van der Waals surface area contributed by atoms with Gasteiger partial charge in [-0.1, -0.05) is 43.2 Å². The van der Waals surface area contributed by atoms with Gasteiger partial charge in [-0.3, -0.25) is 4.79 Å². The van der Waals surface area contributed by atoms with Gasteiger partial charge in [0.15, 0.2) is 0 Å². The summed E-state index contributed by atoms with van der Waals surface area (Å²) in [7, 11) is 0. The Balaban J connectivity index is 2.63. The normalized spacial score (nSPS) is 12.7. The van der Waals surface area contributed by atoms with Crippen molar-refractivity contribution in [2.24, 2.45) is 5.92 Å². The van der Waals surface area contributed by atoms with Crippen LogP contribution in [0.25, 0.3) is 0 Å².